The van der Waals surface area contributed by atoms with E-state index in [9.17, 15) is 19.1 Å². The van der Waals surface area contributed by atoms with Gasteiger partial charge >= 0.3 is 5.97 Å². The van der Waals surface area contributed by atoms with E-state index in [4.69, 9.17) is 5.11 Å². The Hall–Kier alpha value is -2.37. The molecule has 0 spiro atoms. The minimum Gasteiger partial charge on any atom is -0.508 e. The van der Waals surface area contributed by atoms with Crippen LogP contribution in [0, 0.1) is 0 Å². The zero-order valence-corrected chi connectivity index (χ0v) is 11.3. The van der Waals surface area contributed by atoms with Gasteiger partial charge in [-0.2, -0.15) is 0 Å². The van der Waals surface area contributed by atoms with Crippen molar-refractivity contribution < 1.29 is 24.2 Å². The molecule has 1 atom stereocenters. The molecule has 0 radical (unpaired) electrons. The van der Waals surface area contributed by atoms with E-state index in [1.807, 2.05) is 0 Å². The van der Waals surface area contributed by atoms with Gasteiger partial charge in [0, 0.05) is 19.3 Å². The molecule has 1 aliphatic carbocycles. The monoisotopic (exact) mass is 293 g/mol. The molecule has 0 fully saturated rings. The molecule has 1 aromatic rings. The minimum absolute atomic E-state index is 0.0187. The summed E-state index contributed by atoms with van der Waals surface area (Å²) in [4.78, 5) is 23.1. The fourth-order valence-electron chi connectivity index (χ4n) is 2.16. The van der Waals surface area contributed by atoms with Crippen LogP contribution in [0.3, 0.4) is 0 Å². The van der Waals surface area contributed by atoms with Gasteiger partial charge in [-0.1, -0.05) is 24.3 Å². The number of aliphatic carboxylic acids is 1. The van der Waals surface area contributed by atoms with Crippen LogP contribution in [-0.2, 0) is 16.0 Å². The normalized spacial score (nSPS) is 17.4. The molecule has 2 rings (SSSR count). The van der Waals surface area contributed by atoms with Gasteiger partial charge in [0.15, 0.2) is 5.67 Å². The third-order valence-electron chi connectivity index (χ3n) is 3.44. The van der Waals surface area contributed by atoms with Crippen LogP contribution in [0.2, 0.25) is 0 Å². The van der Waals surface area contributed by atoms with Gasteiger partial charge in [-0.3, -0.25) is 4.79 Å². The predicted octanol–water partition coefficient (Wildman–Crippen LogP) is 1.56. The summed E-state index contributed by atoms with van der Waals surface area (Å²) < 4.78 is 14.2. The van der Waals surface area contributed by atoms with E-state index in [1.165, 1.54) is 12.1 Å². The molecule has 5 nitrogen and oxygen atoms in total. The van der Waals surface area contributed by atoms with Gasteiger partial charge in [-0.05, 0) is 17.7 Å². The van der Waals surface area contributed by atoms with Crippen molar-refractivity contribution >= 4 is 11.9 Å². The van der Waals surface area contributed by atoms with Crippen LogP contribution >= 0.6 is 0 Å². The number of amides is 1. The Kier molecular flexibility index (Phi) is 4.26. The van der Waals surface area contributed by atoms with Crippen molar-refractivity contribution in [3.8, 4) is 5.75 Å². The smallest absolute Gasteiger partial charge is 0.326 e. The molecule has 0 heterocycles. The Morgan fingerprint density at radius 3 is 2.33 bits per heavy atom. The lowest BCUT2D eigenvalue weighted by atomic mass is 10.0. The van der Waals surface area contributed by atoms with E-state index in [0.29, 0.717) is 5.56 Å². The topological polar surface area (TPSA) is 86.6 Å². The highest BCUT2D eigenvalue weighted by atomic mass is 19.1. The van der Waals surface area contributed by atoms with Crippen molar-refractivity contribution in [3.63, 3.8) is 0 Å². The maximum Gasteiger partial charge on any atom is 0.326 e. The summed E-state index contributed by atoms with van der Waals surface area (Å²) in [5, 5.41) is 20.6. The maximum atomic E-state index is 14.2. The lowest BCUT2D eigenvalue weighted by Gasteiger charge is -2.22. The Labute approximate surface area is 121 Å². The van der Waals surface area contributed by atoms with Crippen molar-refractivity contribution in [1.82, 2.24) is 5.32 Å². The molecule has 3 N–H and O–H groups in total. The SMILES string of the molecule is O=C(O)[C@H](Cc1ccc(O)cc1)NC(=O)C1(F)CC=CC1. The lowest BCUT2D eigenvalue weighted by Crippen LogP contribution is -2.50. The minimum atomic E-state index is -2.05. The zero-order chi connectivity index (χ0) is 15.5. The number of halogens is 1. The summed E-state index contributed by atoms with van der Waals surface area (Å²) in [5.74, 6) is -2.07. The second-order valence-electron chi connectivity index (χ2n) is 5.08. The molecule has 21 heavy (non-hydrogen) atoms. The van der Waals surface area contributed by atoms with E-state index in [2.05, 4.69) is 5.32 Å². The van der Waals surface area contributed by atoms with Crippen molar-refractivity contribution in [3.05, 3.63) is 42.0 Å². The number of phenols is 1. The number of rotatable bonds is 5. The van der Waals surface area contributed by atoms with Crippen LogP contribution in [0.4, 0.5) is 4.39 Å². The molecule has 0 saturated carbocycles. The standard InChI is InChI=1S/C15H16FNO4/c16-15(7-1-2-8-15)14(21)17-12(13(19)20)9-10-3-5-11(18)6-4-10/h1-6,12,18H,7-9H2,(H,17,21)(H,19,20)/t12-/m0/s1. The molecule has 1 aliphatic rings. The van der Waals surface area contributed by atoms with E-state index in [-0.39, 0.29) is 25.0 Å². The number of phenolic OH excluding ortho intramolecular Hbond substituents is 1. The quantitative estimate of drug-likeness (QED) is 0.719. The summed E-state index contributed by atoms with van der Waals surface area (Å²) in [6.45, 7) is 0. The molecule has 0 aliphatic heterocycles. The van der Waals surface area contributed by atoms with Crippen LogP contribution in [0.15, 0.2) is 36.4 Å². The van der Waals surface area contributed by atoms with Crippen LogP contribution in [0.5, 0.6) is 5.75 Å². The lowest BCUT2D eigenvalue weighted by molar-refractivity contribution is -0.144. The Morgan fingerprint density at radius 2 is 1.81 bits per heavy atom. The largest absolute Gasteiger partial charge is 0.508 e. The van der Waals surface area contributed by atoms with Crippen LogP contribution in [-0.4, -0.2) is 33.8 Å². The summed E-state index contributed by atoms with van der Waals surface area (Å²) in [7, 11) is 0. The Bertz CT molecular complexity index is 560. The Balaban J connectivity index is 2.04. The van der Waals surface area contributed by atoms with Crippen molar-refractivity contribution in [2.75, 3.05) is 0 Å². The molecular formula is C15H16FNO4. The molecule has 0 aromatic heterocycles. The number of hydrogen-bond acceptors (Lipinski definition) is 3. The maximum absolute atomic E-state index is 14.2. The number of allylic oxidation sites excluding steroid dienone is 2. The molecule has 0 bridgehead atoms. The highest BCUT2D eigenvalue weighted by molar-refractivity contribution is 5.90. The summed E-state index contributed by atoms with van der Waals surface area (Å²) in [6, 6.07) is 4.75. The van der Waals surface area contributed by atoms with Crippen molar-refractivity contribution in [2.45, 2.75) is 31.0 Å². The van der Waals surface area contributed by atoms with Gasteiger partial charge in [-0.25, -0.2) is 9.18 Å². The van der Waals surface area contributed by atoms with Crippen LogP contribution in [0.25, 0.3) is 0 Å². The van der Waals surface area contributed by atoms with Crippen LogP contribution in [0.1, 0.15) is 18.4 Å². The number of carbonyl (C=O) groups excluding carboxylic acids is 1. The molecule has 6 heteroatoms. The number of carboxylic acid groups (broad SMARTS) is 1. The highest BCUT2D eigenvalue weighted by Gasteiger charge is 2.40. The van der Waals surface area contributed by atoms with E-state index in [1.54, 1.807) is 24.3 Å². The average molecular weight is 293 g/mol. The first kappa shape index (κ1) is 15.0. The van der Waals surface area contributed by atoms with E-state index in [0.717, 1.165) is 0 Å². The average Bonchev–Trinajstić information content (AvgIpc) is 2.88. The van der Waals surface area contributed by atoms with Gasteiger partial charge in [-0.15, -0.1) is 0 Å². The van der Waals surface area contributed by atoms with E-state index < -0.39 is 23.6 Å². The molecule has 0 saturated heterocycles. The van der Waals surface area contributed by atoms with Gasteiger partial charge in [0.1, 0.15) is 11.8 Å². The second-order valence-corrected chi connectivity index (χ2v) is 5.08. The number of alkyl halides is 1. The summed E-state index contributed by atoms with van der Waals surface area (Å²) >= 11 is 0. The second kappa shape index (κ2) is 5.95. The third-order valence-corrected chi connectivity index (χ3v) is 3.44. The van der Waals surface area contributed by atoms with Crippen LogP contribution < -0.4 is 5.32 Å². The van der Waals surface area contributed by atoms with Gasteiger partial charge in [0.25, 0.3) is 5.91 Å². The molecule has 0 unspecified atom stereocenters. The Morgan fingerprint density at radius 1 is 1.24 bits per heavy atom. The van der Waals surface area contributed by atoms with Gasteiger partial charge in [0.2, 0.25) is 0 Å². The summed E-state index contributed by atoms with van der Waals surface area (Å²) in [5.41, 5.74) is -1.43. The summed E-state index contributed by atoms with van der Waals surface area (Å²) in [6.07, 6.45) is 3.07. The van der Waals surface area contributed by atoms with Gasteiger partial charge in [0.05, 0.1) is 0 Å². The first-order valence-electron chi connectivity index (χ1n) is 6.56. The fourth-order valence-corrected chi connectivity index (χ4v) is 2.16. The molecule has 112 valence electrons. The van der Waals surface area contributed by atoms with Crippen molar-refractivity contribution in [2.24, 2.45) is 0 Å². The number of aromatic hydroxyl groups is 1. The number of hydrogen-bond donors (Lipinski definition) is 3. The molecule has 1 aromatic carbocycles. The van der Waals surface area contributed by atoms with E-state index >= 15 is 0 Å². The van der Waals surface area contributed by atoms with Gasteiger partial charge < -0.3 is 15.5 Å². The number of carboxylic acids is 1. The molecular weight excluding hydrogens is 277 g/mol. The fraction of sp³-hybridized carbons (Fsp3) is 0.333. The number of nitrogens with one attached hydrogen (secondary N) is 1. The first-order valence-corrected chi connectivity index (χ1v) is 6.56. The predicted molar refractivity (Wildman–Crippen MR) is 73.6 cm³/mol. The zero-order valence-electron chi connectivity index (χ0n) is 11.3. The highest BCUT2D eigenvalue weighted by Crippen LogP contribution is 2.28. The van der Waals surface area contributed by atoms with Crippen molar-refractivity contribution in [1.29, 1.82) is 0 Å². The molecule has 1 amide bonds. The first-order chi connectivity index (χ1) is 9.90. The third kappa shape index (κ3) is 3.59. The number of carbonyl (C=O) groups is 2. The number of benzene rings is 1.